The molecule has 1 amide bonds. The molecular formula is C16H21NO2. The topological polar surface area (TPSA) is 29.5 Å². The molecule has 3 nitrogen and oxygen atoms in total. The van der Waals surface area contributed by atoms with Gasteiger partial charge in [0.2, 0.25) is 5.91 Å². The van der Waals surface area contributed by atoms with E-state index in [2.05, 4.69) is 6.08 Å². The Hall–Kier alpha value is -1.87. The molecule has 0 heterocycles. The Bertz CT molecular complexity index is 449. The summed E-state index contributed by atoms with van der Waals surface area (Å²) in [6.07, 6.45) is 5.34. The average molecular weight is 259 g/mol. The van der Waals surface area contributed by atoms with Crippen molar-refractivity contribution in [3.05, 3.63) is 53.6 Å². The van der Waals surface area contributed by atoms with Gasteiger partial charge in [-0.1, -0.05) is 48.1 Å². The third-order valence-electron chi connectivity index (χ3n) is 2.60. The zero-order valence-electron chi connectivity index (χ0n) is 11.8. The van der Waals surface area contributed by atoms with Gasteiger partial charge in [0.05, 0.1) is 6.61 Å². The molecule has 3 heteroatoms. The fraction of sp³-hybridized carbons (Fsp3) is 0.312. The molecule has 0 saturated heterocycles. The highest BCUT2D eigenvalue weighted by atomic mass is 16.5. The van der Waals surface area contributed by atoms with Crippen LogP contribution in [0.4, 0.5) is 0 Å². The summed E-state index contributed by atoms with van der Waals surface area (Å²) in [6, 6.07) is 10.1. The standard InChI is InChI=1S/C16H21NO2/c1-14(12-15-8-5-4-6-9-15)13-17(2)16(18)10-7-11-19-3/h4-10,12H,11,13H2,1-3H3/b10-7+,14-12+. The van der Waals surface area contributed by atoms with Gasteiger partial charge < -0.3 is 9.64 Å². The largest absolute Gasteiger partial charge is 0.381 e. The molecular weight excluding hydrogens is 238 g/mol. The van der Waals surface area contributed by atoms with Crippen molar-refractivity contribution in [2.75, 3.05) is 27.3 Å². The van der Waals surface area contributed by atoms with Crippen molar-refractivity contribution in [2.45, 2.75) is 6.92 Å². The van der Waals surface area contributed by atoms with Crippen molar-refractivity contribution in [1.82, 2.24) is 4.90 Å². The number of methoxy groups -OCH3 is 1. The quantitative estimate of drug-likeness (QED) is 0.735. The van der Waals surface area contributed by atoms with E-state index in [1.165, 1.54) is 0 Å². The molecule has 0 saturated carbocycles. The predicted molar refractivity (Wildman–Crippen MR) is 78.7 cm³/mol. The second kappa shape index (κ2) is 8.27. The van der Waals surface area contributed by atoms with Crippen LogP contribution in [0.25, 0.3) is 6.08 Å². The van der Waals surface area contributed by atoms with Crippen LogP contribution in [-0.4, -0.2) is 38.1 Å². The number of likely N-dealkylation sites (N-methyl/N-ethyl adjacent to an activating group) is 1. The molecule has 0 aliphatic heterocycles. The van der Waals surface area contributed by atoms with Gasteiger partial charge in [0.25, 0.3) is 0 Å². The first-order valence-corrected chi connectivity index (χ1v) is 6.26. The van der Waals surface area contributed by atoms with Crippen LogP contribution in [0.1, 0.15) is 12.5 Å². The van der Waals surface area contributed by atoms with Gasteiger partial charge in [-0.3, -0.25) is 4.79 Å². The fourth-order valence-electron chi connectivity index (χ4n) is 1.70. The zero-order valence-corrected chi connectivity index (χ0v) is 11.8. The van der Waals surface area contributed by atoms with Gasteiger partial charge in [-0.05, 0) is 12.5 Å². The van der Waals surface area contributed by atoms with Crippen LogP contribution in [0.2, 0.25) is 0 Å². The van der Waals surface area contributed by atoms with E-state index >= 15 is 0 Å². The highest BCUT2D eigenvalue weighted by molar-refractivity contribution is 5.87. The van der Waals surface area contributed by atoms with Crippen LogP contribution in [0.15, 0.2) is 48.1 Å². The highest BCUT2D eigenvalue weighted by Gasteiger charge is 2.04. The maximum absolute atomic E-state index is 11.8. The second-order valence-corrected chi connectivity index (χ2v) is 4.45. The van der Waals surface area contributed by atoms with Crippen LogP contribution in [0.3, 0.4) is 0 Å². The number of nitrogens with zero attached hydrogens (tertiary/aromatic N) is 1. The SMILES string of the molecule is COC/C=C/C(=O)N(C)C/C(C)=C/c1ccccc1. The first-order chi connectivity index (χ1) is 9.13. The summed E-state index contributed by atoms with van der Waals surface area (Å²) in [5, 5.41) is 0. The smallest absolute Gasteiger partial charge is 0.246 e. The highest BCUT2D eigenvalue weighted by Crippen LogP contribution is 2.07. The lowest BCUT2D eigenvalue weighted by molar-refractivity contribution is -0.124. The molecule has 1 aromatic carbocycles. The number of hydrogen-bond acceptors (Lipinski definition) is 2. The summed E-state index contributed by atoms with van der Waals surface area (Å²) in [4.78, 5) is 13.4. The van der Waals surface area contributed by atoms with Crippen molar-refractivity contribution in [2.24, 2.45) is 0 Å². The Balaban J connectivity index is 2.54. The lowest BCUT2D eigenvalue weighted by atomic mass is 10.1. The van der Waals surface area contributed by atoms with Gasteiger partial charge in [-0.2, -0.15) is 0 Å². The molecule has 0 spiro atoms. The van der Waals surface area contributed by atoms with Gasteiger partial charge in [-0.15, -0.1) is 0 Å². The van der Waals surface area contributed by atoms with Crippen molar-refractivity contribution >= 4 is 12.0 Å². The van der Waals surface area contributed by atoms with Gasteiger partial charge in [0.15, 0.2) is 0 Å². The number of hydrogen-bond donors (Lipinski definition) is 0. The van der Waals surface area contributed by atoms with Crippen molar-refractivity contribution in [1.29, 1.82) is 0 Å². The molecule has 102 valence electrons. The van der Waals surface area contributed by atoms with E-state index in [4.69, 9.17) is 4.74 Å². The zero-order chi connectivity index (χ0) is 14.1. The molecule has 0 aromatic heterocycles. The molecule has 0 fully saturated rings. The maximum Gasteiger partial charge on any atom is 0.246 e. The predicted octanol–water partition coefficient (Wildman–Crippen LogP) is 2.75. The number of benzene rings is 1. The minimum Gasteiger partial charge on any atom is -0.381 e. The Morgan fingerprint density at radius 2 is 2.00 bits per heavy atom. The van der Waals surface area contributed by atoms with E-state index in [0.717, 1.165) is 11.1 Å². The molecule has 0 radical (unpaired) electrons. The number of carbonyl (C=O) groups is 1. The Morgan fingerprint density at radius 3 is 2.63 bits per heavy atom. The van der Waals surface area contributed by atoms with Gasteiger partial charge >= 0.3 is 0 Å². The average Bonchev–Trinajstić information content (AvgIpc) is 2.39. The lowest BCUT2D eigenvalue weighted by Gasteiger charge is -2.15. The molecule has 0 bridgehead atoms. The second-order valence-electron chi connectivity index (χ2n) is 4.45. The van der Waals surface area contributed by atoms with Crippen LogP contribution in [-0.2, 0) is 9.53 Å². The molecule has 19 heavy (non-hydrogen) atoms. The van der Waals surface area contributed by atoms with Crippen LogP contribution >= 0.6 is 0 Å². The summed E-state index contributed by atoms with van der Waals surface area (Å²) >= 11 is 0. The normalized spacial score (nSPS) is 11.8. The summed E-state index contributed by atoms with van der Waals surface area (Å²) in [7, 11) is 3.40. The number of amides is 1. The molecule has 0 N–H and O–H groups in total. The van der Waals surface area contributed by atoms with E-state index in [1.807, 2.05) is 37.3 Å². The van der Waals surface area contributed by atoms with Gasteiger partial charge in [0.1, 0.15) is 0 Å². The third-order valence-corrected chi connectivity index (χ3v) is 2.60. The number of rotatable bonds is 6. The van der Waals surface area contributed by atoms with E-state index in [1.54, 1.807) is 31.2 Å². The summed E-state index contributed by atoms with van der Waals surface area (Å²) in [5.41, 5.74) is 2.29. The molecule has 0 aliphatic rings. The monoisotopic (exact) mass is 259 g/mol. The van der Waals surface area contributed by atoms with Gasteiger partial charge in [-0.25, -0.2) is 0 Å². The summed E-state index contributed by atoms with van der Waals surface area (Å²) in [6.45, 7) is 3.10. The molecule has 1 aromatic rings. The van der Waals surface area contributed by atoms with E-state index in [9.17, 15) is 4.79 Å². The Morgan fingerprint density at radius 1 is 1.32 bits per heavy atom. The minimum atomic E-state index is -0.0159. The van der Waals surface area contributed by atoms with Crippen molar-refractivity contribution in [3.63, 3.8) is 0 Å². The van der Waals surface area contributed by atoms with E-state index in [0.29, 0.717) is 13.2 Å². The van der Waals surface area contributed by atoms with Crippen molar-refractivity contribution in [3.8, 4) is 0 Å². The summed E-state index contributed by atoms with van der Waals surface area (Å²) < 4.78 is 4.86. The maximum atomic E-state index is 11.8. The van der Waals surface area contributed by atoms with Gasteiger partial charge in [0, 0.05) is 26.8 Å². The molecule has 0 aliphatic carbocycles. The first-order valence-electron chi connectivity index (χ1n) is 6.26. The van der Waals surface area contributed by atoms with E-state index in [-0.39, 0.29) is 5.91 Å². The van der Waals surface area contributed by atoms with Crippen molar-refractivity contribution < 1.29 is 9.53 Å². The Kier molecular flexibility index (Phi) is 6.61. The van der Waals surface area contributed by atoms with Crippen LogP contribution in [0.5, 0.6) is 0 Å². The molecule has 0 atom stereocenters. The molecule has 0 unspecified atom stereocenters. The van der Waals surface area contributed by atoms with Crippen LogP contribution in [0, 0.1) is 0 Å². The minimum absolute atomic E-state index is 0.0159. The third kappa shape index (κ3) is 6.02. The first kappa shape index (κ1) is 15.2. The van der Waals surface area contributed by atoms with E-state index < -0.39 is 0 Å². The Labute approximate surface area is 115 Å². The van der Waals surface area contributed by atoms with Crippen LogP contribution < -0.4 is 0 Å². The lowest BCUT2D eigenvalue weighted by Crippen LogP contribution is -2.26. The number of ether oxygens (including phenoxy) is 1. The fourth-order valence-corrected chi connectivity index (χ4v) is 1.70. The number of carbonyl (C=O) groups excluding carboxylic acids is 1. The molecule has 1 rings (SSSR count). The summed E-state index contributed by atoms with van der Waals surface area (Å²) in [5.74, 6) is -0.0159.